The fourth-order valence-electron chi connectivity index (χ4n) is 1.35. The average molecular weight is 172 g/mol. The van der Waals surface area contributed by atoms with Crippen LogP contribution in [0.1, 0.15) is 24.8 Å². The van der Waals surface area contributed by atoms with Crippen LogP contribution in [0.2, 0.25) is 0 Å². The van der Waals surface area contributed by atoms with Crippen LogP contribution in [0.4, 0.5) is 0 Å². The van der Waals surface area contributed by atoms with Gasteiger partial charge in [-0.2, -0.15) is 0 Å². The van der Waals surface area contributed by atoms with Crippen LogP contribution in [0.15, 0.2) is 55.1 Å². The van der Waals surface area contributed by atoms with Gasteiger partial charge in [0.2, 0.25) is 0 Å². The fourth-order valence-corrected chi connectivity index (χ4v) is 1.35. The van der Waals surface area contributed by atoms with Crippen molar-refractivity contribution >= 4 is 0 Å². The maximum Gasteiger partial charge on any atom is 0.00498 e. The molecule has 0 aliphatic rings. The molecule has 0 aliphatic carbocycles. The Morgan fingerprint density at radius 3 is 2.54 bits per heavy atom. The molecule has 0 fully saturated rings. The Morgan fingerprint density at radius 2 is 2.00 bits per heavy atom. The van der Waals surface area contributed by atoms with Gasteiger partial charge in [0.05, 0.1) is 0 Å². The predicted octanol–water partition coefficient (Wildman–Crippen LogP) is 3.92. The number of benzene rings is 1. The first-order chi connectivity index (χ1) is 6.38. The van der Waals surface area contributed by atoms with Gasteiger partial charge in [0.15, 0.2) is 0 Å². The van der Waals surface area contributed by atoms with Crippen LogP contribution in [0.3, 0.4) is 0 Å². The Bertz CT molecular complexity index is 269. The summed E-state index contributed by atoms with van der Waals surface area (Å²) in [5, 5.41) is 0. The zero-order chi connectivity index (χ0) is 9.52. The van der Waals surface area contributed by atoms with Crippen molar-refractivity contribution in [1.82, 2.24) is 0 Å². The monoisotopic (exact) mass is 172 g/mol. The molecule has 0 saturated carbocycles. The normalized spacial score (nSPS) is 13.0. The molecule has 0 saturated heterocycles. The third-order valence-corrected chi connectivity index (χ3v) is 2.14. The van der Waals surface area contributed by atoms with Crippen LogP contribution in [0.5, 0.6) is 0 Å². The van der Waals surface area contributed by atoms with Crippen LogP contribution >= 0.6 is 0 Å². The molecule has 0 aromatic heterocycles. The van der Waals surface area contributed by atoms with Crippen molar-refractivity contribution in [2.24, 2.45) is 0 Å². The summed E-state index contributed by atoms with van der Waals surface area (Å²) in [6, 6.07) is 10.5. The molecule has 0 aliphatic heterocycles. The summed E-state index contributed by atoms with van der Waals surface area (Å²) in [7, 11) is 0. The van der Waals surface area contributed by atoms with Crippen LogP contribution < -0.4 is 0 Å². The summed E-state index contributed by atoms with van der Waals surface area (Å²) in [4.78, 5) is 0. The van der Waals surface area contributed by atoms with E-state index in [-0.39, 0.29) is 0 Å². The third-order valence-electron chi connectivity index (χ3n) is 2.14. The second-order valence-electron chi connectivity index (χ2n) is 3.06. The van der Waals surface area contributed by atoms with Crippen LogP contribution in [-0.4, -0.2) is 0 Å². The van der Waals surface area contributed by atoms with E-state index in [0.717, 1.165) is 6.42 Å². The molecule has 0 bridgehead atoms. The SMILES string of the molecule is C=CC(CC=CC)c1ccccc1. The van der Waals surface area contributed by atoms with E-state index in [2.05, 4.69) is 43.0 Å². The summed E-state index contributed by atoms with van der Waals surface area (Å²) in [6.07, 6.45) is 7.32. The van der Waals surface area contributed by atoms with Crippen molar-refractivity contribution in [2.45, 2.75) is 19.3 Å². The molecule has 0 nitrogen and oxygen atoms in total. The van der Waals surface area contributed by atoms with Crippen LogP contribution in [0, 0.1) is 0 Å². The van der Waals surface area contributed by atoms with E-state index in [0.29, 0.717) is 5.92 Å². The predicted molar refractivity (Wildman–Crippen MR) is 58.8 cm³/mol. The van der Waals surface area contributed by atoms with Gasteiger partial charge in [0, 0.05) is 5.92 Å². The Hall–Kier alpha value is -1.30. The Kier molecular flexibility index (Phi) is 4.04. The van der Waals surface area contributed by atoms with Gasteiger partial charge in [-0.05, 0) is 18.9 Å². The lowest BCUT2D eigenvalue weighted by atomic mass is 9.96. The van der Waals surface area contributed by atoms with E-state index < -0.39 is 0 Å². The van der Waals surface area contributed by atoms with E-state index >= 15 is 0 Å². The number of allylic oxidation sites excluding steroid dienone is 3. The van der Waals surface area contributed by atoms with E-state index in [9.17, 15) is 0 Å². The Morgan fingerprint density at radius 1 is 1.31 bits per heavy atom. The minimum atomic E-state index is 0.456. The second kappa shape index (κ2) is 5.36. The number of rotatable bonds is 4. The molecule has 1 aromatic carbocycles. The van der Waals surface area contributed by atoms with Crippen molar-refractivity contribution in [3.63, 3.8) is 0 Å². The standard InChI is InChI=1S/C13H16/c1-3-5-9-12(4-2)13-10-7-6-8-11-13/h3-8,10-12H,2,9H2,1H3. The topological polar surface area (TPSA) is 0 Å². The van der Waals surface area contributed by atoms with Gasteiger partial charge < -0.3 is 0 Å². The molecule has 68 valence electrons. The van der Waals surface area contributed by atoms with Crippen LogP contribution in [-0.2, 0) is 0 Å². The molecule has 0 heterocycles. The molecule has 0 radical (unpaired) electrons. The van der Waals surface area contributed by atoms with Gasteiger partial charge >= 0.3 is 0 Å². The van der Waals surface area contributed by atoms with E-state index in [1.807, 2.05) is 19.1 Å². The summed E-state index contributed by atoms with van der Waals surface area (Å²) < 4.78 is 0. The first kappa shape index (κ1) is 9.79. The maximum absolute atomic E-state index is 3.86. The first-order valence-corrected chi connectivity index (χ1v) is 4.67. The van der Waals surface area contributed by atoms with Gasteiger partial charge in [-0.3, -0.25) is 0 Å². The molecule has 0 heteroatoms. The van der Waals surface area contributed by atoms with Crippen molar-refractivity contribution in [3.8, 4) is 0 Å². The number of hydrogen-bond acceptors (Lipinski definition) is 0. The second-order valence-corrected chi connectivity index (χ2v) is 3.06. The quantitative estimate of drug-likeness (QED) is 0.604. The van der Waals surface area contributed by atoms with E-state index in [1.54, 1.807) is 0 Å². The molecule has 0 spiro atoms. The summed E-state index contributed by atoms with van der Waals surface area (Å²) in [5.41, 5.74) is 1.34. The summed E-state index contributed by atoms with van der Waals surface area (Å²) >= 11 is 0. The minimum Gasteiger partial charge on any atom is -0.102 e. The van der Waals surface area contributed by atoms with Gasteiger partial charge in [0.25, 0.3) is 0 Å². The van der Waals surface area contributed by atoms with Crippen molar-refractivity contribution in [2.75, 3.05) is 0 Å². The summed E-state index contributed by atoms with van der Waals surface area (Å²) in [5.74, 6) is 0.456. The molecule has 1 rings (SSSR count). The maximum atomic E-state index is 3.86. The molecule has 1 aromatic rings. The highest BCUT2D eigenvalue weighted by Crippen LogP contribution is 2.20. The first-order valence-electron chi connectivity index (χ1n) is 4.67. The van der Waals surface area contributed by atoms with Crippen molar-refractivity contribution in [1.29, 1.82) is 0 Å². The molecule has 1 unspecified atom stereocenters. The molecule has 0 N–H and O–H groups in total. The van der Waals surface area contributed by atoms with Crippen molar-refractivity contribution < 1.29 is 0 Å². The van der Waals surface area contributed by atoms with Gasteiger partial charge in [0.1, 0.15) is 0 Å². The van der Waals surface area contributed by atoms with E-state index in [4.69, 9.17) is 0 Å². The minimum absolute atomic E-state index is 0.456. The molecular formula is C13H16. The zero-order valence-corrected chi connectivity index (χ0v) is 8.11. The lowest BCUT2D eigenvalue weighted by Gasteiger charge is -2.09. The average Bonchev–Trinajstić information content (AvgIpc) is 2.21. The fraction of sp³-hybridized carbons (Fsp3) is 0.231. The third kappa shape index (κ3) is 2.90. The summed E-state index contributed by atoms with van der Waals surface area (Å²) in [6.45, 7) is 5.90. The Balaban J connectivity index is 2.72. The largest absolute Gasteiger partial charge is 0.102 e. The molecular weight excluding hydrogens is 156 g/mol. The van der Waals surface area contributed by atoms with E-state index in [1.165, 1.54) is 5.56 Å². The van der Waals surface area contributed by atoms with Crippen molar-refractivity contribution in [3.05, 3.63) is 60.7 Å². The lowest BCUT2D eigenvalue weighted by Crippen LogP contribution is -1.91. The lowest BCUT2D eigenvalue weighted by molar-refractivity contribution is 0.865. The molecule has 13 heavy (non-hydrogen) atoms. The van der Waals surface area contributed by atoms with Crippen LogP contribution in [0.25, 0.3) is 0 Å². The Labute approximate surface area is 80.6 Å². The van der Waals surface area contributed by atoms with Gasteiger partial charge in [-0.25, -0.2) is 0 Å². The van der Waals surface area contributed by atoms with Gasteiger partial charge in [-0.1, -0.05) is 48.6 Å². The highest BCUT2D eigenvalue weighted by molar-refractivity contribution is 5.23. The van der Waals surface area contributed by atoms with Gasteiger partial charge in [-0.15, -0.1) is 6.58 Å². The highest BCUT2D eigenvalue weighted by Gasteiger charge is 2.03. The zero-order valence-electron chi connectivity index (χ0n) is 8.11. The molecule has 0 amide bonds. The highest BCUT2D eigenvalue weighted by atomic mass is 14.1. The molecule has 1 atom stereocenters. The smallest absolute Gasteiger partial charge is 0.00498 e. The number of hydrogen-bond donors (Lipinski definition) is 0.